The standard InChI is InChI=1S/C17H12N2O4S/c1-11-13(16(19-23-11)12-6-4-3-5-7-12)8-9-14-18-10-15(24-14)22-17(20)21-2/h3-7,10H,1-2H3. The molecule has 0 unspecified atom stereocenters. The Morgan fingerprint density at radius 1 is 1.25 bits per heavy atom. The van der Waals surface area contributed by atoms with Crippen LogP contribution in [0.2, 0.25) is 0 Å². The Balaban J connectivity index is 1.87. The maximum atomic E-state index is 11.1. The molecule has 0 aliphatic rings. The molecule has 6 nitrogen and oxygen atoms in total. The molecule has 3 aromatic rings. The Labute approximate surface area is 142 Å². The van der Waals surface area contributed by atoms with E-state index in [0.29, 0.717) is 27.1 Å². The van der Waals surface area contributed by atoms with E-state index in [2.05, 4.69) is 26.7 Å². The third kappa shape index (κ3) is 3.45. The maximum Gasteiger partial charge on any atom is 0.514 e. The molecule has 0 N–H and O–H groups in total. The largest absolute Gasteiger partial charge is 0.514 e. The number of hydrogen-bond acceptors (Lipinski definition) is 7. The van der Waals surface area contributed by atoms with Crippen molar-refractivity contribution in [3.05, 3.63) is 52.9 Å². The van der Waals surface area contributed by atoms with Gasteiger partial charge in [-0.15, -0.1) is 0 Å². The van der Waals surface area contributed by atoms with Gasteiger partial charge in [0.15, 0.2) is 5.01 Å². The van der Waals surface area contributed by atoms with Crippen LogP contribution >= 0.6 is 11.3 Å². The second kappa shape index (κ2) is 6.98. The van der Waals surface area contributed by atoms with Crippen LogP contribution < -0.4 is 4.74 Å². The van der Waals surface area contributed by atoms with Crippen molar-refractivity contribution in [2.75, 3.05) is 7.11 Å². The summed E-state index contributed by atoms with van der Waals surface area (Å²) >= 11 is 1.15. The quantitative estimate of drug-likeness (QED) is 0.524. The summed E-state index contributed by atoms with van der Waals surface area (Å²) in [6.45, 7) is 1.80. The summed E-state index contributed by atoms with van der Waals surface area (Å²) in [5.74, 6) is 6.59. The summed E-state index contributed by atoms with van der Waals surface area (Å²) in [6.07, 6.45) is 0.629. The molecule has 120 valence electrons. The minimum absolute atomic E-state index is 0.316. The smallest absolute Gasteiger partial charge is 0.437 e. The van der Waals surface area contributed by atoms with E-state index < -0.39 is 6.16 Å². The predicted octanol–water partition coefficient (Wildman–Crippen LogP) is 3.65. The molecule has 0 aliphatic heterocycles. The third-order valence-electron chi connectivity index (χ3n) is 3.04. The lowest BCUT2D eigenvalue weighted by Crippen LogP contribution is -2.05. The lowest BCUT2D eigenvalue weighted by Gasteiger charge is -1.95. The van der Waals surface area contributed by atoms with E-state index in [0.717, 1.165) is 16.9 Å². The summed E-state index contributed by atoms with van der Waals surface area (Å²) in [4.78, 5) is 15.2. The molecule has 7 heteroatoms. The van der Waals surface area contributed by atoms with E-state index in [4.69, 9.17) is 9.26 Å². The first-order chi connectivity index (χ1) is 11.7. The molecule has 0 atom stereocenters. The van der Waals surface area contributed by atoms with Crippen LogP contribution in [-0.2, 0) is 4.74 Å². The van der Waals surface area contributed by atoms with E-state index in [-0.39, 0.29) is 0 Å². The number of benzene rings is 1. The van der Waals surface area contributed by atoms with Crippen LogP contribution in [-0.4, -0.2) is 23.4 Å². The number of thiazole rings is 1. The third-order valence-corrected chi connectivity index (χ3v) is 3.83. The Bertz CT molecular complexity index is 919. The highest BCUT2D eigenvalue weighted by Gasteiger charge is 2.13. The van der Waals surface area contributed by atoms with Crippen LogP contribution in [0.1, 0.15) is 16.3 Å². The monoisotopic (exact) mass is 340 g/mol. The molecule has 0 radical (unpaired) electrons. The average molecular weight is 340 g/mol. The van der Waals surface area contributed by atoms with Crippen molar-refractivity contribution < 1.29 is 18.8 Å². The van der Waals surface area contributed by atoms with Gasteiger partial charge in [0.1, 0.15) is 11.5 Å². The number of methoxy groups -OCH3 is 1. The lowest BCUT2D eigenvalue weighted by atomic mass is 10.1. The Kier molecular flexibility index (Phi) is 4.59. The zero-order valence-electron chi connectivity index (χ0n) is 12.9. The highest BCUT2D eigenvalue weighted by molar-refractivity contribution is 7.14. The molecule has 0 bridgehead atoms. The van der Waals surface area contributed by atoms with E-state index in [9.17, 15) is 4.79 Å². The molecule has 2 heterocycles. The van der Waals surface area contributed by atoms with Gasteiger partial charge in [0.05, 0.1) is 18.9 Å². The van der Waals surface area contributed by atoms with Gasteiger partial charge >= 0.3 is 6.16 Å². The normalized spacial score (nSPS) is 9.92. The van der Waals surface area contributed by atoms with Gasteiger partial charge < -0.3 is 14.0 Å². The van der Waals surface area contributed by atoms with Crippen LogP contribution in [0.15, 0.2) is 41.1 Å². The molecule has 0 saturated heterocycles. The highest BCUT2D eigenvalue weighted by Crippen LogP contribution is 2.25. The van der Waals surface area contributed by atoms with Gasteiger partial charge in [0.25, 0.3) is 0 Å². The van der Waals surface area contributed by atoms with Gasteiger partial charge in [-0.3, -0.25) is 0 Å². The number of ether oxygens (including phenoxy) is 2. The van der Waals surface area contributed by atoms with Crippen LogP contribution in [0, 0.1) is 18.8 Å². The van der Waals surface area contributed by atoms with Crippen LogP contribution in [0.4, 0.5) is 4.79 Å². The average Bonchev–Trinajstić information content (AvgIpc) is 3.20. The Hall–Kier alpha value is -3.11. The first kappa shape index (κ1) is 15.8. The zero-order valence-corrected chi connectivity index (χ0v) is 13.7. The fourth-order valence-electron chi connectivity index (χ4n) is 1.92. The van der Waals surface area contributed by atoms with Gasteiger partial charge in [-0.05, 0) is 12.8 Å². The summed E-state index contributed by atoms with van der Waals surface area (Å²) in [7, 11) is 1.24. The van der Waals surface area contributed by atoms with Crippen LogP contribution in [0.3, 0.4) is 0 Å². The Morgan fingerprint density at radius 2 is 2.04 bits per heavy atom. The lowest BCUT2D eigenvalue weighted by molar-refractivity contribution is 0.122. The van der Waals surface area contributed by atoms with Gasteiger partial charge in [-0.1, -0.05) is 52.7 Å². The second-order valence-corrected chi connectivity index (χ2v) is 5.61. The predicted molar refractivity (Wildman–Crippen MR) is 87.8 cm³/mol. The molecule has 1 aromatic carbocycles. The van der Waals surface area contributed by atoms with Crippen LogP contribution in [0.5, 0.6) is 5.06 Å². The fourth-order valence-corrected chi connectivity index (χ4v) is 2.53. The first-order valence-corrected chi connectivity index (χ1v) is 7.74. The summed E-state index contributed by atoms with van der Waals surface area (Å²) in [5.41, 5.74) is 2.31. The highest BCUT2D eigenvalue weighted by atomic mass is 32.1. The number of nitrogens with zero attached hydrogens (tertiary/aromatic N) is 2. The van der Waals surface area contributed by atoms with E-state index in [1.54, 1.807) is 6.92 Å². The molecule has 3 rings (SSSR count). The number of rotatable bonds is 2. The maximum absolute atomic E-state index is 11.1. The van der Waals surface area contributed by atoms with Crippen molar-refractivity contribution in [1.82, 2.24) is 10.1 Å². The van der Waals surface area contributed by atoms with Crippen LogP contribution in [0.25, 0.3) is 11.3 Å². The van der Waals surface area contributed by atoms with Gasteiger partial charge in [0.2, 0.25) is 5.06 Å². The van der Waals surface area contributed by atoms with Crippen molar-refractivity contribution in [2.45, 2.75) is 6.92 Å². The minimum Gasteiger partial charge on any atom is -0.437 e. The SMILES string of the molecule is COC(=O)Oc1cnc(C#Cc2c(-c3ccccc3)noc2C)s1. The molecule has 2 aromatic heterocycles. The van der Waals surface area contributed by atoms with Gasteiger partial charge in [0, 0.05) is 5.56 Å². The summed E-state index contributed by atoms with van der Waals surface area (Å²) < 4.78 is 14.6. The van der Waals surface area contributed by atoms with E-state index in [1.165, 1.54) is 13.3 Å². The van der Waals surface area contributed by atoms with Gasteiger partial charge in [-0.25, -0.2) is 9.78 Å². The van der Waals surface area contributed by atoms with Crippen molar-refractivity contribution in [1.29, 1.82) is 0 Å². The number of aryl methyl sites for hydroxylation is 1. The number of carbonyl (C=O) groups is 1. The van der Waals surface area contributed by atoms with Gasteiger partial charge in [-0.2, -0.15) is 0 Å². The number of hydrogen-bond donors (Lipinski definition) is 0. The van der Waals surface area contributed by atoms with E-state index >= 15 is 0 Å². The zero-order chi connectivity index (χ0) is 16.9. The molecule has 0 amide bonds. The van der Waals surface area contributed by atoms with Crippen molar-refractivity contribution in [2.24, 2.45) is 0 Å². The number of aromatic nitrogens is 2. The van der Waals surface area contributed by atoms with E-state index in [1.807, 2.05) is 30.3 Å². The minimum atomic E-state index is -0.792. The molecule has 0 fully saturated rings. The fraction of sp³-hybridized carbons (Fsp3) is 0.118. The molecular formula is C17H12N2O4S. The van der Waals surface area contributed by atoms with Crippen molar-refractivity contribution in [3.63, 3.8) is 0 Å². The van der Waals surface area contributed by atoms with Crippen molar-refractivity contribution >= 4 is 17.5 Å². The second-order valence-electron chi connectivity index (χ2n) is 4.62. The first-order valence-electron chi connectivity index (χ1n) is 6.92. The molecule has 0 aliphatic carbocycles. The molecule has 0 spiro atoms. The number of carbonyl (C=O) groups excluding carboxylic acids is 1. The molecule has 0 saturated carbocycles. The summed E-state index contributed by atoms with van der Waals surface area (Å²) in [6, 6.07) is 9.66. The molecule has 24 heavy (non-hydrogen) atoms. The van der Waals surface area contributed by atoms with Crippen molar-refractivity contribution in [3.8, 4) is 28.2 Å². The molecular weight excluding hydrogens is 328 g/mol. The summed E-state index contributed by atoms with van der Waals surface area (Å²) in [5, 5.41) is 4.90. The topological polar surface area (TPSA) is 74.5 Å². The Morgan fingerprint density at radius 3 is 2.79 bits per heavy atom.